The van der Waals surface area contributed by atoms with Gasteiger partial charge in [0.1, 0.15) is 0 Å². The Morgan fingerprint density at radius 1 is 1.32 bits per heavy atom. The molecule has 8 nitrogen and oxygen atoms in total. The van der Waals surface area contributed by atoms with Crippen molar-refractivity contribution in [2.24, 2.45) is 0 Å². The third-order valence-corrected chi connectivity index (χ3v) is 4.47. The summed E-state index contributed by atoms with van der Waals surface area (Å²) in [5, 5.41) is 13.9. The first kappa shape index (κ1) is 21.4. The molecule has 152 valence electrons. The van der Waals surface area contributed by atoms with Gasteiger partial charge in [-0.3, -0.25) is 14.9 Å². The van der Waals surface area contributed by atoms with Crippen LogP contribution >= 0.6 is 0 Å². The Bertz CT molecular complexity index is 759. The molecule has 2 rings (SSSR count). The highest BCUT2D eigenvalue weighted by molar-refractivity contribution is 5.93. The first-order chi connectivity index (χ1) is 13.4. The SMILES string of the molecule is CCOc1ccc(C(=O)O[C@@H](C)C(=O)NCCC2=CCCCC2)cc1[N+](=O)[O-]. The van der Waals surface area contributed by atoms with Crippen molar-refractivity contribution in [1.29, 1.82) is 0 Å². The molecule has 8 heteroatoms. The average Bonchev–Trinajstić information content (AvgIpc) is 2.69. The van der Waals surface area contributed by atoms with Gasteiger partial charge in [-0.2, -0.15) is 0 Å². The van der Waals surface area contributed by atoms with Crippen LogP contribution in [0.5, 0.6) is 5.75 Å². The fourth-order valence-corrected chi connectivity index (χ4v) is 2.97. The predicted octanol–water partition coefficient (Wildman–Crippen LogP) is 3.55. The van der Waals surface area contributed by atoms with E-state index in [0.717, 1.165) is 25.3 Å². The molecule has 0 aliphatic heterocycles. The number of allylic oxidation sites excluding steroid dienone is 1. The molecule has 1 atom stereocenters. The molecule has 1 aliphatic rings. The van der Waals surface area contributed by atoms with E-state index < -0.39 is 22.9 Å². The van der Waals surface area contributed by atoms with E-state index in [0.29, 0.717) is 6.54 Å². The molecule has 0 unspecified atom stereocenters. The third kappa shape index (κ3) is 6.07. The molecule has 0 radical (unpaired) electrons. The van der Waals surface area contributed by atoms with Crippen molar-refractivity contribution in [2.75, 3.05) is 13.2 Å². The van der Waals surface area contributed by atoms with Crippen LogP contribution in [-0.2, 0) is 9.53 Å². The Morgan fingerprint density at radius 2 is 2.11 bits per heavy atom. The zero-order valence-electron chi connectivity index (χ0n) is 16.2. The first-order valence-electron chi connectivity index (χ1n) is 9.50. The van der Waals surface area contributed by atoms with Crippen LogP contribution < -0.4 is 10.1 Å². The zero-order chi connectivity index (χ0) is 20.5. The second kappa shape index (κ2) is 10.4. The van der Waals surface area contributed by atoms with Crippen LogP contribution in [0, 0.1) is 10.1 Å². The lowest BCUT2D eigenvalue weighted by Gasteiger charge is -2.16. The van der Waals surface area contributed by atoms with Gasteiger partial charge in [0.25, 0.3) is 5.91 Å². The Hall–Kier alpha value is -2.90. The van der Waals surface area contributed by atoms with Gasteiger partial charge in [0, 0.05) is 12.6 Å². The monoisotopic (exact) mass is 390 g/mol. The molecule has 0 heterocycles. The van der Waals surface area contributed by atoms with E-state index in [4.69, 9.17) is 9.47 Å². The molecule has 0 saturated heterocycles. The van der Waals surface area contributed by atoms with Crippen LogP contribution in [0.3, 0.4) is 0 Å². The maximum atomic E-state index is 12.2. The fourth-order valence-electron chi connectivity index (χ4n) is 2.97. The van der Waals surface area contributed by atoms with Crippen molar-refractivity contribution < 1.29 is 24.0 Å². The molecule has 0 fully saturated rings. The van der Waals surface area contributed by atoms with Crippen LogP contribution in [0.25, 0.3) is 0 Å². The van der Waals surface area contributed by atoms with Gasteiger partial charge in [0.2, 0.25) is 0 Å². The molecule has 1 amide bonds. The van der Waals surface area contributed by atoms with Crippen LogP contribution in [-0.4, -0.2) is 36.1 Å². The van der Waals surface area contributed by atoms with Gasteiger partial charge < -0.3 is 14.8 Å². The predicted molar refractivity (Wildman–Crippen MR) is 103 cm³/mol. The Morgan fingerprint density at radius 3 is 2.75 bits per heavy atom. The lowest BCUT2D eigenvalue weighted by molar-refractivity contribution is -0.385. The number of nitrogens with one attached hydrogen (secondary N) is 1. The number of hydrogen-bond acceptors (Lipinski definition) is 6. The van der Waals surface area contributed by atoms with E-state index >= 15 is 0 Å². The molecule has 1 aliphatic carbocycles. The maximum absolute atomic E-state index is 12.2. The lowest BCUT2D eigenvalue weighted by Crippen LogP contribution is -2.36. The van der Waals surface area contributed by atoms with Crippen molar-refractivity contribution in [3.8, 4) is 5.75 Å². The summed E-state index contributed by atoms with van der Waals surface area (Å²) < 4.78 is 10.3. The molecule has 1 aromatic rings. The summed E-state index contributed by atoms with van der Waals surface area (Å²) in [4.78, 5) is 34.9. The Kier molecular flexibility index (Phi) is 7.98. The number of hydrogen-bond donors (Lipinski definition) is 1. The summed E-state index contributed by atoms with van der Waals surface area (Å²) in [6, 6.07) is 3.81. The molecular formula is C20H26N2O6. The molecular weight excluding hydrogens is 364 g/mol. The van der Waals surface area contributed by atoms with Crippen LogP contribution in [0.4, 0.5) is 5.69 Å². The Labute approximate surface area is 164 Å². The van der Waals surface area contributed by atoms with Crippen molar-refractivity contribution in [3.05, 3.63) is 45.5 Å². The number of carbonyl (C=O) groups excluding carboxylic acids is 2. The first-order valence-corrected chi connectivity index (χ1v) is 9.50. The van der Waals surface area contributed by atoms with Gasteiger partial charge in [0.05, 0.1) is 17.1 Å². The standard InChI is InChI=1S/C20H26N2O6/c1-3-27-18-10-9-16(13-17(18)22(25)26)20(24)28-14(2)19(23)21-12-11-15-7-5-4-6-8-15/h7,9-10,13-14H,3-6,8,11-12H2,1-2H3,(H,21,23)/t14-/m0/s1. The zero-order valence-corrected chi connectivity index (χ0v) is 16.2. The highest BCUT2D eigenvalue weighted by Crippen LogP contribution is 2.28. The second-order valence-electron chi connectivity index (χ2n) is 6.57. The number of nitro groups is 1. The molecule has 0 aromatic heterocycles. The van der Waals surface area contributed by atoms with Crippen LogP contribution in [0.2, 0.25) is 0 Å². The number of benzene rings is 1. The van der Waals surface area contributed by atoms with E-state index in [2.05, 4.69) is 11.4 Å². The second-order valence-corrected chi connectivity index (χ2v) is 6.57. The quantitative estimate of drug-likeness (QED) is 0.299. The minimum Gasteiger partial charge on any atom is -0.487 e. The van der Waals surface area contributed by atoms with Gasteiger partial charge in [0.15, 0.2) is 11.9 Å². The molecule has 28 heavy (non-hydrogen) atoms. The van der Waals surface area contributed by atoms with E-state index in [1.165, 1.54) is 37.5 Å². The number of nitro benzene ring substituents is 1. The molecule has 1 N–H and O–H groups in total. The van der Waals surface area contributed by atoms with Gasteiger partial charge in [-0.15, -0.1) is 0 Å². The number of esters is 1. The van der Waals surface area contributed by atoms with Crippen molar-refractivity contribution in [2.45, 2.75) is 52.1 Å². The number of nitrogens with zero attached hydrogens (tertiary/aromatic N) is 1. The molecule has 0 spiro atoms. The molecule has 0 bridgehead atoms. The van der Waals surface area contributed by atoms with Crippen molar-refractivity contribution in [1.82, 2.24) is 5.32 Å². The van der Waals surface area contributed by atoms with Gasteiger partial charge in [-0.1, -0.05) is 11.6 Å². The van der Waals surface area contributed by atoms with Crippen molar-refractivity contribution >= 4 is 17.6 Å². The van der Waals surface area contributed by atoms with E-state index in [1.807, 2.05) is 0 Å². The van der Waals surface area contributed by atoms with Gasteiger partial charge >= 0.3 is 11.7 Å². The smallest absolute Gasteiger partial charge is 0.339 e. The summed E-state index contributed by atoms with van der Waals surface area (Å²) >= 11 is 0. The number of ether oxygens (including phenoxy) is 2. The van der Waals surface area contributed by atoms with Gasteiger partial charge in [-0.05, 0) is 58.1 Å². The number of rotatable bonds is 9. The van der Waals surface area contributed by atoms with E-state index in [-0.39, 0.29) is 23.6 Å². The van der Waals surface area contributed by atoms with Crippen LogP contribution in [0.1, 0.15) is 56.3 Å². The van der Waals surface area contributed by atoms with Gasteiger partial charge in [-0.25, -0.2) is 4.79 Å². The van der Waals surface area contributed by atoms with E-state index in [1.54, 1.807) is 6.92 Å². The summed E-state index contributed by atoms with van der Waals surface area (Å²) in [7, 11) is 0. The van der Waals surface area contributed by atoms with Crippen LogP contribution in [0.15, 0.2) is 29.8 Å². The highest BCUT2D eigenvalue weighted by atomic mass is 16.6. The number of carbonyl (C=O) groups is 2. The topological polar surface area (TPSA) is 108 Å². The molecule has 1 aromatic carbocycles. The highest BCUT2D eigenvalue weighted by Gasteiger charge is 2.23. The van der Waals surface area contributed by atoms with E-state index in [9.17, 15) is 19.7 Å². The largest absolute Gasteiger partial charge is 0.487 e. The number of amides is 1. The lowest BCUT2D eigenvalue weighted by atomic mass is 9.97. The summed E-state index contributed by atoms with van der Waals surface area (Å²) in [5.74, 6) is -1.12. The third-order valence-electron chi connectivity index (χ3n) is 4.47. The normalized spacial score (nSPS) is 14.6. The summed E-state index contributed by atoms with van der Waals surface area (Å²) in [6.45, 7) is 3.92. The summed E-state index contributed by atoms with van der Waals surface area (Å²) in [5.41, 5.74) is 1.01. The maximum Gasteiger partial charge on any atom is 0.339 e. The minimum atomic E-state index is -1.00. The minimum absolute atomic E-state index is 0.0119. The summed E-state index contributed by atoms with van der Waals surface area (Å²) in [6.07, 6.45) is 6.56. The van der Waals surface area contributed by atoms with Crippen molar-refractivity contribution in [3.63, 3.8) is 0 Å². The Balaban J connectivity index is 1.90. The average molecular weight is 390 g/mol. The fraction of sp³-hybridized carbons (Fsp3) is 0.500. The molecule has 0 saturated carbocycles.